The summed E-state index contributed by atoms with van der Waals surface area (Å²) >= 11 is 0. The van der Waals surface area contributed by atoms with Crippen molar-refractivity contribution in [2.24, 2.45) is 16.1 Å². The predicted octanol–water partition coefficient (Wildman–Crippen LogP) is 4.75. The summed E-state index contributed by atoms with van der Waals surface area (Å²) in [5.74, 6) is 0. The number of hydrogen-bond acceptors (Lipinski definition) is 4. The van der Waals surface area contributed by atoms with E-state index >= 15 is 0 Å². The SMILES string of the molecule is CC(C)(C)CN=CC(=CN)c1ccc(C(F)F)nc1-c1ccn2ccnc2c1. The highest BCUT2D eigenvalue weighted by molar-refractivity contribution is 6.11. The largest absolute Gasteiger partial charge is 0.404 e. The van der Waals surface area contributed by atoms with Gasteiger partial charge in [0, 0.05) is 54.2 Å². The van der Waals surface area contributed by atoms with Crippen molar-refractivity contribution in [1.82, 2.24) is 14.4 Å². The molecule has 3 aromatic heterocycles. The molecule has 0 aliphatic rings. The number of fused-ring (bicyclic) bond motifs is 1. The topological polar surface area (TPSA) is 68.6 Å². The Morgan fingerprint density at radius 2 is 2.04 bits per heavy atom. The molecule has 3 aromatic rings. The lowest BCUT2D eigenvalue weighted by atomic mass is 9.97. The first-order valence-corrected chi connectivity index (χ1v) is 8.93. The molecule has 0 radical (unpaired) electrons. The molecular formula is C21H23F2N5. The van der Waals surface area contributed by atoms with Crippen LogP contribution >= 0.6 is 0 Å². The number of nitrogens with zero attached hydrogens (tertiary/aromatic N) is 4. The smallest absolute Gasteiger partial charge is 0.280 e. The first-order chi connectivity index (χ1) is 13.3. The van der Waals surface area contributed by atoms with E-state index in [4.69, 9.17) is 5.73 Å². The Hall–Kier alpha value is -3.09. The quantitative estimate of drug-likeness (QED) is 0.647. The van der Waals surface area contributed by atoms with Gasteiger partial charge in [-0.3, -0.25) is 4.99 Å². The average Bonchev–Trinajstić information content (AvgIpc) is 3.11. The van der Waals surface area contributed by atoms with Crippen molar-refractivity contribution in [3.63, 3.8) is 0 Å². The lowest BCUT2D eigenvalue weighted by molar-refractivity contribution is 0.146. The number of rotatable bonds is 5. The van der Waals surface area contributed by atoms with Gasteiger partial charge < -0.3 is 10.1 Å². The maximum Gasteiger partial charge on any atom is 0.280 e. The summed E-state index contributed by atoms with van der Waals surface area (Å²) in [7, 11) is 0. The van der Waals surface area contributed by atoms with Gasteiger partial charge in [-0.05, 0) is 23.6 Å². The lowest BCUT2D eigenvalue weighted by Crippen LogP contribution is -2.09. The van der Waals surface area contributed by atoms with E-state index in [-0.39, 0.29) is 11.1 Å². The fourth-order valence-electron chi connectivity index (χ4n) is 2.73. The zero-order chi connectivity index (χ0) is 20.3. The van der Waals surface area contributed by atoms with Crippen LogP contribution in [-0.4, -0.2) is 27.1 Å². The maximum absolute atomic E-state index is 13.3. The van der Waals surface area contributed by atoms with E-state index in [1.54, 1.807) is 18.5 Å². The van der Waals surface area contributed by atoms with Crippen molar-refractivity contribution in [1.29, 1.82) is 0 Å². The monoisotopic (exact) mass is 383 g/mol. The minimum absolute atomic E-state index is 0.0303. The van der Waals surface area contributed by atoms with Crippen LogP contribution in [0, 0.1) is 5.41 Å². The second kappa shape index (κ2) is 7.88. The van der Waals surface area contributed by atoms with E-state index in [2.05, 4.69) is 35.7 Å². The molecule has 0 aromatic carbocycles. The van der Waals surface area contributed by atoms with E-state index in [0.29, 0.717) is 34.6 Å². The molecular weight excluding hydrogens is 360 g/mol. The summed E-state index contributed by atoms with van der Waals surface area (Å²) in [6.07, 6.45) is 5.73. The Morgan fingerprint density at radius 3 is 2.71 bits per heavy atom. The van der Waals surface area contributed by atoms with Crippen molar-refractivity contribution in [2.45, 2.75) is 27.2 Å². The third kappa shape index (κ3) is 4.42. The average molecular weight is 383 g/mol. The summed E-state index contributed by atoms with van der Waals surface area (Å²) in [4.78, 5) is 12.9. The van der Waals surface area contributed by atoms with Crippen molar-refractivity contribution < 1.29 is 8.78 Å². The van der Waals surface area contributed by atoms with Crippen LogP contribution in [0.5, 0.6) is 0 Å². The molecule has 0 aliphatic carbocycles. The van der Waals surface area contributed by atoms with Gasteiger partial charge in [0.25, 0.3) is 6.43 Å². The Balaban J connectivity index is 2.09. The summed E-state index contributed by atoms with van der Waals surface area (Å²) in [5, 5.41) is 0. The van der Waals surface area contributed by atoms with E-state index in [0.717, 1.165) is 0 Å². The van der Waals surface area contributed by atoms with E-state index in [1.165, 1.54) is 12.3 Å². The minimum Gasteiger partial charge on any atom is -0.404 e. The molecule has 0 saturated carbocycles. The first kappa shape index (κ1) is 19.7. The molecule has 0 atom stereocenters. The molecule has 7 heteroatoms. The highest BCUT2D eigenvalue weighted by atomic mass is 19.3. The molecule has 3 rings (SSSR count). The Labute approximate surface area is 162 Å². The second-order valence-electron chi connectivity index (χ2n) is 7.69. The number of pyridine rings is 2. The zero-order valence-corrected chi connectivity index (χ0v) is 16.1. The summed E-state index contributed by atoms with van der Waals surface area (Å²) in [6, 6.07) is 6.55. The highest BCUT2D eigenvalue weighted by Crippen LogP contribution is 2.30. The van der Waals surface area contributed by atoms with Gasteiger partial charge in [-0.2, -0.15) is 0 Å². The van der Waals surface area contributed by atoms with Crippen LogP contribution in [0.25, 0.3) is 22.5 Å². The molecule has 28 heavy (non-hydrogen) atoms. The molecule has 0 aliphatic heterocycles. The van der Waals surface area contributed by atoms with E-state index < -0.39 is 6.43 Å². The predicted molar refractivity (Wildman–Crippen MR) is 108 cm³/mol. The molecule has 146 valence electrons. The van der Waals surface area contributed by atoms with Crippen LogP contribution in [0.2, 0.25) is 0 Å². The Morgan fingerprint density at radius 1 is 1.25 bits per heavy atom. The molecule has 0 saturated heterocycles. The van der Waals surface area contributed by atoms with Crippen molar-refractivity contribution in [3.05, 3.63) is 60.3 Å². The molecule has 0 fully saturated rings. The number of aromatic nitrogens is 3. The van der Waals surface area contributed by atoms with Crippen molar-refractivity contribution in [2.75, 3.05) is 6.54 Å². The minimum atomic E-state index is -2.66. The van der Waals surface area contributed by atoms with Gasteiger partial charge in [0.2, 0.25) is 0 Å². The van der Waals surface area contributed by atoms with Gasteiger partial charge >= 0.3 is 0 Å². The Kier molecular flexibility index (Phi) is 5.53. The van der Waals surface area contributed by atoms with Gasteiger partial charge in [-0.1, -0.05) is 26.8 Å². The standard InChI is InChI=1S/C21H23F2N5/c1-21(2,3)13-25-12-15(11-24)16-4-5-17(20(22)23)27-19(16)14-6-8-28-9-7-26-18(28)10-14/h4-12,20H,13,24H2,1-3H3. The fourth-order valence-corrected chi connectivity index (χ4v) is 2.73. The molecule has 0 bridgehead atoms. The molecule has 3 heterocycles. The highest BCUT2D eigenvalue weighted by Gasteiger charge is 2.17. The van der Waals surface area contributed by atoms with Crippen LogP contribution in [0.3, 0.4) is 0 Å². The number of hydrogen-bond donors (Lipinski definition) is 1. The molecule has 0 spiro atoms. The van der Waals surface area contributed by atoms with Crippen molar-refractivity contribution >= 4 is 17.4 Å². The third-order valence-electron chi connectivity index (χ3n) is 4.10. The van der Waals surface area contributed by atoms with E-state index in [1.807, 2.05) is 28.9 Å². The summed E-state index contributed by atoms with van der Waals surface area (Å²) in [5.41, 5.74) is 8.63. The van der Waals surface area contributed by atoms with Crippen molar-refractivity contribution in [3.8, 4) is 11.3 Å². The van der Waals surface area contributed by atoms with Gasteiger partial charge in [0.05, 0.1) is 5.69 Å². The van der Waals surface area contributed by atoms with Gasteiger partial charge in [-0.25, -0.2) is 18.7 Å². The number of nitrogens with two attached hydrogens (primary N) is 1. The van der Waals surface area contributed by atoms with Gasteiger partial charge in [0.1, 0.15) is 11.3 Å². The van der Waals surface area contributed by atoms with E-state index in [9.17, 15) is 8.78 Å². The Bertz CT molecular complexity index is 1030. The van der Waals surface area contributed by atoms with Crippen LogP contribution < -0.4 is 5.73 Å². The number of allylic oxidation sites excluding steroid dienone is 1. The number of imidazole rings is 1. The second-order valence-corrected chi connectivity index (χ2v) is 7.69. The van der Waals surface area contributed by atoms with Crippen LogP contribution in [-0.2, 0) is 0 Å². The molecule has 0 unspecified atom stereocenters. The molecule has 0 amide bonds. The lowest BCUT2D eigenvalue weighted by Gasteiger charge is -2.15. The number of aliphatic imine (C=N–C) groups is 1. The number of alkyl halides is 2. The van der Waals surface area contributed by atoms with Gasteiger partial charge in [0.15, 0.2) is 0 Å². The molecule has 2 N–H and O–H groups in total. The summed E-state index contributed by atoms with van der Waals surface area (Å²) < 4.78 is 28.4. The zero-order valence-electron chi connectivity index (χ0n) is 16.1. The third-order valence-corrected chi connectivity index (χ3v) is 4.10. The van der Waals surface area contributed by atoms with Crippen LogP contribution in [0.15, 0.2) is 54.0 Å². The fraction of sp³-hybridized carbons (Fsp3) is 0.286. The summed E-state index contributed by atoms with van der Waals surface area (Å²) in [6.45, 7) is 6.86. The van der Waals surface area contributed by atoms with Crippen LogP contribution in [0.1, 0.15) is 38.5 Å². The van der Waals surface area contributed by atoms with Crippen LogP contribution in [0.4, 0.5) is 8.78 Å². The maximum atomic E-state index is 13.3. The number of halogens is 2. The first-order valence-electron chi connectivity index (χ1n) is 8.93. The molecule has 5 nitrogen and oxygen atoms in total. The van der Waals surface area contributed by atoms with Gasteiger partial charge in [-0.15, -0.1) is 0 Å². The normalized spacial score (nSPS) is 13.1.